The van der Waals surface area contributed by atoms with E-state index in [-0.39, 0.29) is 36.1 Å². The molecule has 1 aliphatic rings. The topological polar surface area (TPSA) is 88.5 Å². The maximum atomic E-state index is 13.0. The molecule has 0 spiro atoms. The highest BCUT2D eigenvalue weighted by molar-refractivity contribution is 5.99. The van der Waals surface area contributed by atoms with Crippen LogP contribution < -0.4 is 15.4 Å². The summed E-state index contributed by atoms with van der Waals surface area (Å²) in [5.41, 5.74) is 2.04. The van der Waals surface area contributed by atoms with E-state index in [4.69, 9.17) is 4.74 Å². The molecule has 8 nitrogen and oxygen atoms in total. The summed E-state index contributed by atoms with van der Waals surface area (Å²) in [6.45, 7) is 3.66. The SMILES string of the molecule is CCOc1ccc(C(=O)N(C)C)cc1NC(=O)[C@H]1CNC[C@@H]1c1cnn(C)c1.Cl. The molecular formula is C20H28ClN5O3. The molecule has 0 aliphatic carbocycles. The highest BCUT2D eigenvalue weighted by Gasteiger charge is 2.35. The van der Waals surface area contributed by atoms with Gasteiger partial charge in [-0.25, -0.2) is 0 Å². The van der Waals surface area contributed by atoms with Crippen molar-refractivity contribution in [2.75, 3.05) is 39.1 Å². The van der Waals surface area contributed by atoms with Gasteiger partial charge in [0.05, 0.1) is 24.4 Å². The second-order valence-electron chi connectivity index (χ2n) is 7.15. The summed E-state index contributed by atoms with van der Waals surface area (Å²) in [6.07, 6.45) is 3.75. The number of aryl methyl sites for hydroxylation is 1. The van der Waals surface area contributed by atoms with Crippen molar-refractivity contribution in [3.05, 3.63) is 41.7 Å². The van der Waals surface area contributed by atoms with Crippen LogP contribution in [0.5, 0.6) is 5.75 Å². The Morgan fingerprint density at radius 2 is 2.10 bits per heavy atom. The van der Waals surface area contributed by atoms with E-state index in [9.17, 15) is 9.59 Å². The van der Waals surface area contributed by atoms with Gasteiger partial charge in [-0.15, -0.1) is 12.4 Å². The number of nitrogens with one attached hydrogen (secondary N) is 2. The predicted octanol–water partition coefficient (Wildman–Crippen LogP) is 1.88. The fourth-order valence-electron chi connectivity index (χ4n) is 3.46. The summed E-state index contributed by atoms with van der Waals surface area (Å²) in [4.78, 5) is 26.8. The molecule has 0 unspecified atom stereocenters. The number of anilines is 1. The van der Waals surface area contributed by atoms with Crippen molar-refractivity contribution in [1.29, 1.82) is 0 Å². The van der Waals surface area contributed by atoms with Gasteiger partial charge in [-0.2, -0.15) is 5.10 Å². The van der Waals surface area contributed by atoms with E-state index in [2.05, 4.69) is 15.7 Å². The standard InChI is InChI=1S/C20H27N5O3.ClH/c1-5-28-18-7-6-13(20(27)24(2)3)8-17(18)23-19(26)16-11-21-10-15(16)14-9-22-25(4)12-14;/h6-9,12,15-16,21H,5,10-11H2,1-4H3,(H,23,26);1H/t15-,16+;/m1./s1. The molecule has 2 amide bonds. The van der Waals surface area contributed by atoms with Gasteiger partial charge >= 0.3 is 0 Å². The Bertz CT molecular complexity index is 868. The number of aromatic nitrogens is 2. The number of rotatable bonds is 6. The van der Waals surface area contributed by atoms with E-state index in [1.54, 1.807) is 43.2 Å². The molecule has 0 saturated carbocycles. The molecule has 0 bridgehead atoms. The van der Waals surface area contributed by atoms with Gasteiger partial charge in [-0.3, -0.25) is 14.3 Å². The fraction of sp³-hybridized carbons (Fsp3) is 0.450. The smallest absolute Gasteiger partial charge is 0.253 e. The molecule has 3 rings (SSSR count). The molecule has 2 aromatic rings. The van der Waals surface area contributed by atoms with Crippen molar-refractivity contribution >= 4 is 29.9 Å². The van der Waals surface area contributed by atoms with Gasteiger partial charge in [0.25, 0.3) is 5.91 Å². The van der Waals surface area contributed by atoms with Gasteiger partial charge < -0.3 is 20.3 Å². The summed E-state index contributed by atoms with van der Waals surface area (Å²) in [6, 6.07) is 5.10. The van der Waals surface area contributed by atoms with Crippen LogP contribution >= 0.6 is 12.4 Å². The molecule has 1 aliphatic heterocycles. The van der Waals surface area contributed by atoms with Crippen LogP contribution in [-0.2, 0) is 11.8 Å². The lowest BCUT2D eigenvalue weighted by Crippen LogP contribution is -2.28. The minimum Gasteiger partial charge on any atom is -0.492 e. The third kappa shape index (κ3) is 5.07. The molecule has 9 heteroatoms. The zero-order valence-corrected chi connectivity index (χ0v) is 18.0. The van der Waals surface area contributed by atoms with E-state index in [0.29, 0.717) is 30.2 Å². The number of carbonyl (C=O) groups is 2. The number of carbonyl (C=O) groups excluding carboxylic acids is 2. The molecule has 29 heavy (non-hydrogen) atoms. The third-order valence-corrected chi connectivity index (χ3v) is 4.89. The van der Waals surface area contributed by atoms with Crippen LogP contribution in [0.25, 0.3) is 0 Å². The summed E-state index contributed by atoms with van der Waals surface area (Å²) < 4.78 is 7.38. The number of hydrogen-bond acceptors (Lipinski definition) is 5. The lowest BCUT2D eigenvalue weighted by atomic mass is 9.90. The second kappa shape index (κ2) is 9.76. The average Bonchev–Trinajstić information content (AvgIpc) is 3.31. The number of ether oxygens (including phenoxy) is 1. The molecule has 1 fully saturated rings. The highest BCUT2D eigenvalue weighted by atomic mass is 35.5. The molecule has 1 aromatic carbocycles. The first-order chi connectivity index (χ1) is 13.4. The van der Waals surface area contributed by atoms with Crippen LogP contribution in [0.3, 0.4) is 0 Å². The Labute approximate surface area is 177 Å². The molecule has 2 N–H and O–H groups in total. The van der Waals surface area contributed by atoms with E-state index in [1.807, 2.05) is 20.2 Å². The Hall–Kier alpha value is -2.58. The van der Waals surface area contributed by atoms with Crippen molar-refractivity contribution in [2.45, 2.75) is 12.8 Å². The first-order valence-corrected chi connectivity index (χ1v) is 9.39. The van der Waals surface area contributed by atoms with Crippen molar-refractivity contribution in [3.63, 3.8) is 0 Å². The average molecular weight is 422 g/mol. The van der Waals surface area contributed by atoms with Crippen LogP contribution in [0.2, 0.25) is 0 Å². The Kier molecular flexibility index (Phi) is 7.64. The predicted molar refractivity (Wildman–Crippen MR) is 114 cm³/mol. The first-order valence-electron chi connectivity index (χ1n) is 9.39. The zero-order valence-electron chi connectivity index (χ0n) is 17.1. The van der Waals surface area contributed by atoms with E-state index in [1.165, 1.54) is 4.90 Å². The van der Waals surface area contributed by atoms with Crippen LogP contribution in [0, 0.1) is 5.92 Å². The number of nitrogens with zero attached hydrogens (tertiary/aromatic N) is 3. The summed E-state index contributed by atoms with van der Waals surface area (Å²) in [5, 5.41) is 10.5. The summed E-state index contributed by atoms with van der Waals surface area (Å²) >= 11 is 0. The number of benzene rings is 1. The monoisotopic (exact) mass is 421 g/mol. The normalized spacial score (nSPS) is 18.1. The molecule has 2 atom stereocenters. The number of hydrogen-bond donors (Lipinski definition) is 2. The number of amides is 2. The summed E-state index contributed by atoms with van der Waals surface area (Å²) in [7, 11) is 5.25. The largest absolute Gasteiger partial charge is 0.492 e. The van der Waals surface area contributed by atoms with Gasteiger partial charge in [0.2, 0.25) is 5.91 Å². The maximum Gasteiger partial charge on any atom is 0.253 e. The molecule has 0 radical (unpaired) electrons. The molecule has 1 saturated heterocycles. The quantitative estimate of drug-likeness (QED) is 0.743. The molecule has 158 valence electrons. The Morgan fingerprint density at radius 1 is 1.34 bits per heavy atom. The maximum absolute atomic E-state index is 13.0. The lowest BCUT2D eigenvalue weighted by Gasteiger charge is -2.19. The van der Waals surface area contributed by atoms with Crippen LogP contribution in [0.15, 0.2) is 30.6 Å². The van der Waals surface area contributed by atoms with E-state index in [0.717, 1.165) is 12.1 Å². The van der Waals surface area contributed by atoms with E-state index < -0.39 is 0 Å². The van der Waals surface area contributed by atoms with Crippen molar-refractivity contribution < 1.29 is 14.3 Å². The minimum absolute atomic E-state index is 0. The van der Waals surface area contributed by atoms with Crippen molar-refractivity contribution in [1.82, 2.24) is 20.0 Å². The number of halogens is 1. The van der Waals surface area contributed by atoms with E-state index >= 15 is 0 Å². The van der Waals surface area contributed by atoms with Crippen molar-refractivity contribution in [2.24, 2.45) is 13.0 Å². The van der Waals surface area contributed by atoms with Gasteiger partial charge in [0.1, 0.15) is 5.75 Å². The van der Waals surface area contributed by atoms with Gasteiger partial charge in [-0.05, 0) is 30.7 Å². The fourth-order valence-corrected chi connectivity index (χ4v) is 3.46. The molecule has 1 aromatic heterocycles. The summed E-state index contributed by atoms with van der Waals surface area (Å²) in [5.74, 6) is 0.140. The Balaban J connectivity index is 0.00000300. The van der Waals surface area contributed by atoms with Crippen LogP contribution in [0.4, 0.5) is 5.69 Å². The highest BCUT2D eigenvalue weighted by Crippen LogP contribution is 2.31. The van der Waals surface area contributed by atoms with Crippen LogP contribution in [-0.4, -0.2) is 60.3 Å². The van der Waals surface area contributed by atoms with Gasteiger partial charge in [0.15, 0.2) is 0 Å². The minimum atomic E-state index is -0.230. The lowest BCUT2D eigenvalue weighted by molar-refractivity contribution is -0.119. The second-order valence-corrected chi connectivity index (χ2v) is 7.15. The van der Waals surface area contributed by atoms with Crippen molar-refractivity contribution in [3.8, 4) is 5.75 Å². The molecular weight excluding hydrogens is 394 g/mol. The Morgan fingerprint density at radius 3 is 2.72 bits per heavy atom. The van der Waals surface area contributed by atoms with Crippen LogP contribution in [0.1, 0.15) is 28.8 Å². The first kappa shape index (κ1) is 22.7. The third-order valence-electron chi connectivity index (χ3n) is 4.89. The van der Waals surface area contributed by atoms with Gasteiger partial charge in [0, 0.05) is 51.9 Å². The van der Waals surface area contributed by atoms with Gasteiger partial charge in [-0.1, -0.05) is 0 Å². The molecule has 2 heterocycles. The zero-order chi connectivity index (χ0) is 20.3.